The predicted octanol–water partition coefficient (Wildman–Crippen LogP) is 2.45. The number of aryl methyl sites for hydroxylation is 1. The maximum Gasteiger partial charge on any atom is 0.329 e. The second kappa shape index (κ2) is 12.2. The van der Waals surface area contributed by atoms with Gasteiger partial charge < -0.3 is 19.1 Å². The third-order valence-corrected chi connectivity index (χ3v) is 6.43. The number of nitrogens with zero attached hydrogens (tertiary/aromatic N) is 3. The van der Waals surface area contributed by atoms with Crippen molar-refractivity contribution in [2.45, 2.75) is 44.0 Å². The van der Waals surface area contributed by atoms with Gasteiger partial charge in [0.2, 0.25) is 0 Å². The number of hydrogen-bond donors (Lipinski definition) is 2. The standard InChI is InChI=1S/C22H27BrN4O6S/c1-3-4-5-10-32-17(29)13-34-22-24-19-18(20(30)25-21(31)26(19)2)27(22)11-15(28)12-33-16-8-6-14(23)7-9-16/h6-9,15,28H,3-5,10-13H2,1-2H3,(H,25,30,31)/t15-/m1/s1. The van der Waals surface area contributed by atoms with Gasteiger partial charge in [-0.2, -0.15) is 0 Å². The number of benzene rings is 1. The molecule has 1 aromatic carbocycles. The molecular weight excluding hydrogens is 528 g/mol. The Kier molecular flexibility index (Phi) is 9.36. The van der Waals surface area contributed by atoms with Gasteiger partial charge in [-0.1, -0.05) is 47.5 Å². The highest BCUT2D eigenvalue weighted by Gasteiger charge is 2.21. The van der Waals surface area contributed by atoms with Crippen LogP contribution in [0.2, 0.25) is 0 Å². The molecule has 0 amide bonds. The summed E-state index contributed by atoms with van der Waals surface area (Å²) in [6, 6.07) is 7.16. The van der Waals surface area contributed by atoms with Crippen molar-refractivity contribution < 1.29 is 19.4 Å². The number of aromatic amines is 1. The minimum absolute atomic E-state index is 0.0210. The number of halogens is 1. The van der Waals surface area contributed by atoms with Crippen LogP contribution in [-0.2, 0) is 23.1 Å². The zero-order valence-electron chi connectivity index (χ0n) is 19.0. The van der Waals surface area contributed by atoms with Gasteiger partial charge in [-0.3, -0.25) is 19.1 Å². The van der Waals surface area contributed by atoms with Gasteiger partial charge in [-0.25, -0.2) is 9.78 Å². The van der Waals surface area contributed by atoms with Crippen LogP contribution in [0.25, 0.3) is 11.2 Å². The molecule has 2 N–H and O–H groups in total. The summed E-state index contributed by atoms with van der Waals surface area (Å²) in [5, 5.41) is 10.9. The van der Waals surface area contributed by atoms with Gasteiger partial charge in [0, 0.05) is 11.5 Å². The van der Waals surface area contributed by atoms with Gasteiger partial charge in [0.1, 0.15) is 18.5 Å². The average molecular weight is 555 g/mol. The van der Waals surface area contributed by atoms with E-state index in [1.165, 1.54) is 16.2 Å². The number of fused-ring (bicyclic) bond motifs is 1. The van der Waals surface area contributed by atoms with E-state index in [1.54, 1.807) is 12.1 Å². The molecule has 0 radical (unpaired) electrons. The molecule has 0 saturated carbocycles. The molecule has 10 nitrogen and oxygen atoms in total. The van der Waals surface area contributed by atoms with E-state index in [9.17, 15) is 19.5 Å². The number of unbranched alkanes of at least 4 members (excludes halogenated alkanes) is 2. The Morgan fingerprint density at radius 2 is 2.00 bits per heavy atom. The SMILES string of the molecule is CCCCCOC(=O)CSc1nc2c(c(=O)[nH]c(=O)n2C)n1C[C@@H](O)COc1ccc(Br)cc1. The molecule has 0 fully saturated rings. The Morgan fingerprint density at radius 1 is 1.26 bits per heavy atom. The van der Waals surface area contributed by atoms with Gasteiger partial charge in [0.15, 0.2) is 16.3 Å². The summed E-state index contributed by atoms with van der Waals surface area (Å²) in [5.74, 6) is 0.160. The zero-order chi connectivity index (χ0) is 24.7. The lowest BCUT2D eigenvalue weighted by Gasteiger charge is -2.15. The number of rotatable bonds is 12. The van der Waals surface area contributed by atoms with Crippen molar-refractivity contribution in [3.05, 3.63) is 49.6 Å². The van der Waals surface area contributed by atoms with E-state index in [0.29, 0.717) is 17.5 Å². The third kappa shape index (κ3) is 6.73. The van der Waals surface area contributed by atoms with Crippen molar-refractivity contribution in [2.24, 2.45) is 7.05 Å². The molecule has 0 saturated heterocycles. The number of ether oxygens (including phenoxy) is 2. The van der Waals surface area contributed by atoms with Crippen LogP contribution in [0.4, 0.5) is 0 Å². The first-order valence-electron chi connectivity index (χ1n) is 10.8. The molecule has 3 rings (SSSR count). The monoisotopic (exact) mass is 554 g/mol. The number of aliphatic hydroxyl groups is 1. The Labute approximate surface area is 208 Å². The first-order chi connectivity index (χ1) is 16.3. The molecule has 2 heterocycles. The summed E-state index contributed by atoms with van der Waals surface area (Å²) in [6.45, 7) is 2.36. The van der Waals surface area contributed by atoms with Gasteiger partial charge in [-0.15, -0.1) is 0 Å². The number of nitrogens with one attached hydrogen (secondary N) is 1. The Bertz CT molecular complexity index is 1240. The van der Waals surface area contributed by atoms with Crippen LogP contribution in [0.5, 0.6) is 5.75 Å². The minimum Gasteiger partial charge on any atom is -0.491 e. The van der Waals surface area contributed by atoms with Crippen molar-refractivity contribution in [3.63, 3.8) is 0 Å². The largest absolute Gasteiger partial charge is 0.491 e. The molecule has 184 valence electrons. The Hall–Kier alpha value is -2.57. The topological polar surface area (TPSA) is 128 Å². The van der Waals surface area contributed by atoms with Gasteiger partial charge in [-0.05, 0) is 30.7 Å². The highest BCUT2D eigenvalue weighted by molar-refractivity contribution is 9.10. The molecule has 0 aliphatic carbocycles. The Balaban J connectivity index is 1.77. The summed E-state index contributed by atoms with van der Waals surface area (Å²) in [6.07, 6.45) is 1.82. The first kappa shape index (κ1) is 26.0. The van der Waals surface area contributed by atoms with Crippen molar-refractivity contribution in [3.8, 4) is 5.75 Å². The summed E-state index contributed by atoms with van der Waals surface area (Å²) in [4.78, 5) is 43.4. The number of esters is 1. The molecule has 0 bridgehead atoms. The summed E-state index contributed by atoms with van der Waals surface area (Å²) in [5.41, 5.74) is -0.939. The second-order valence-corrected chi connectivity index (χ2v) is 9.49. The minimum atomic E-state index is -0.988. The first-order valence-corrected chi connectivity index (χ1v) is 12.6. The fraction of sp³-hybridized carbons (Fsp3) is 0.455. The van der Waals surface area contributed by atoms with E-state index >= 15 is 0 Å². The third-order valence-electron chi connectivity index (χ3n) is 4.95. The van der Waals surface area contributed by atoms with Crippen molar-refractivity contribution in [1.29, 1.82) is 0 Å². The normalized spacial score (nSPS) is 12.1. The molecule has 0 aliphatic rings. The number of carbonyl (C=O) groups excluding carboxylic acids is 1. The molecule has 0 aliphatic heterocycles. The number of hydrogen-bond acceptors (Lipinski definition) is 8. The quantitative estimate of drug-likeness (QED) is 0.198. The predicted molar refractivity (Wildman–Crippen MR) is 132 cm³/mol. The highest BCUT2D eigenvalue weighted by atomic mass is 79.9. The zero-order valence-corrected chi connectivity index (χ0v) is 21.4. The second-order valence-electron chi connectivity index (χ2n) is 7.63. The van der Waals surface area contributed by atoms with Crippen LogP contribution in [-0.4, -0.2) is 55.2 Å². The summed E-state index contributed by atoms with van der Waals surface area (Å²) >= 11 is 4.43. The maximum atomic E-state index is 12.6. The van der Waals surface area contributed by atoms with Crippen molar-refractivity contribution in [1.82, 2.24) is 19.1 Å². The molecule has 0 spiro atoms. The molecule has 0 unspecified atom stereocenters. The van der Waals surface area contributed by atoms with E-state index in [4.69, 9.17) is 9.47 Å². The lowest BCUT2D eigenvalue weighted by molar-refractivity contribution is -0.140. The average Bonchev–Trinajstić information content (AvgIpc) is 3.17. The number of imidazole rings is 1. The highest BCUT2D eigenvalue weighted by Crippen LogP contribution is 2.23. The molecular formula is C22H27BrN4O6S. The van der Waals surface area contributed by atoms with E-state index < -0.39 is 23.3 Å². The van der Waals surface area contributed by atoms with Crippen molar-refractivity contribution >= 4 is 44.8 Å². The summed E-state index contributed by atoms with van der Waals surface area (Å²) < 4.78 is 14.5. The van der Waals surface area contributed by atoms with Crippen LogP contribution < -0.4 is 16.0 Å². The number of H-pyrrole nitrogens is 1. The molecule has 2 aromatic heterocycles. The lowest BCUT2D eigenvalue weighted by Crippen LogP contribution is -2.30. The number of aromatic nitrogens is 4. The van der Waals surface area contributed by atoms with Crippen LogP contribution in [0, 0.1) is 0 Å². The fourth-order valence-corrected chi connectivity index (χ4v) is 4.25. The van der Waals surface area contributed by atoms with E-state index in [2.05, 4.69) is 32.8 Å². The molecule has 12 heteroatoms. The molecule has 34 heavy (non-hydrogen) atoms. The smallest absolute Gasteiger partial charge is 0.329 e. The number of aliphatic hydroxyl groups excluding tert-OH is 1. The van der Waals surface area contributed by atoms with Gasteiger partial charge in [0.05, 0.1) is 18.9 Å². The lowest BCUT2D eigenvalue weighted by atomic mass is 10.3. The van der Waals surface area contributed by atoms with Crippen LogP contribution in [0.1, 0.15) is 26.2 Å². The van der Waals surface area contributed by atoms with E-state index in [1.807, 2.05) is 12.1 Å². The van der Waals surface area contributed by atoms with Gasteiger partial charge in [0.25, 0.3) is 5.56 Å². The Morgan fingerprint density at radius 3 is 2.71 bits per heavy atom. The number of carbonyl (C=O) groups is 1. The summed E-state index contributed by atoms with van der Waals surface area (Å²) in [7, 11) is 1.49. The van der Waals surface area contributed by atoms with Gasteiger partial charge >= 0.3 is 11.7 Å². The number of thioether (sulfide) groups is 1. The van der Waals surface area contributed by atoms with Crippen LogP contribution in [0.3, 0.4) is 0 Å². The molecule has 1 atom stereocenters. The fourth-order valence-electron chi connectivity index (χ4n) is 3.18. The van der Waals surface area contributed by atoms with E-state index in [-0.39, 0.29) is 30.1 Å². The van der Waals surface area contributed by atoms with Crippen LogP contribution in [0.15, 0.2) is 43.5 Å². The molecule has 3 aromatic rings. The maximum absolute atomic E-state index is 12.6. The van der Waals surface area contributed by atoms with Crippen molar-refractivity contribution in [2.75, 3.05) is 19.0 Å². The van der Waals surface area contributed by atoms with Crippen LogP contribution >= 0.6 is 27.7 Å². The van der Waals surface area contributed by atoms with E-state index in [0.717, 1.165) is 35.5 Å².